The number of hydrogen-bond acceptors (Lipinski definition) is 12. The van der Waals surface area contributed by atoms with Gasteiger partial charge in [0.25, 0.3) is 15.5 Å². The fraction of sp³-hybridized carbons (Fsp3) is 0.692. The highest BCUT2D eigenvalue weighted by Gasteiger charge is 2.77. The zero-order chi connectivity index (χ0) is 23.7. The van der Waals surface area contributed by atoms with E-state index in [1.807, 2.05) is 0 Å². The van der Waals surface area contributed by atoms with E-state index in [1.54, 1.807) is 0 Å². The molecule has 172 valence electrons. The zero-order valence-electron chi connectivity index (χ0n) is 16.1. The first-order valence-corrected chi connectivity index (χ1v) is 13.6. The van der Waals surface area contributed by atoms with E-state index in [1.165, 1.54) is 0 Å². The number of aryl methyl sites for hydroxylation is 1. The Balaban J connectivity index is 3.28. The molecular formula is C13H20N2O12S3. The standard InChI is InChI=1S/C13H20N2O12S3/c1-7-5-14(11(19)15(10(7)18)30(4,25)26)13(29(3,23)24)12(20,28(2,21)22)9(17)8(6-16)27-13/h5,8-9,16-17,20H,6H2,1-4H3/t8-,9-,12+,13+/m1/s1. The van der Waals surface area contributed by atoms with Gasteiger partial charge in [-0.3, -0.25) is 9.36 Å². The van der Waals surface area contributed by atoms with Crippen LogP contribution in [0.1, 0.15) is 5.56 Å². The van der Waals surface area contributed by atoms with Crippen molar-refractivity contribution >= 4 is 29.7 Å². The predicted octanol–water partition coefficient (Wildman–Crippen LogP) is -4.73. The maximum Gasteiger partial charge on any atom is 0.348 e. The van der Waals surface area contributed by atoms with E-state index in [9.17, 15) is 50.2 Å². The Hall–Kier alpha value is -1.63. The van der Waals surface area contributed by atoms with E-state index >= 15 is 0 Å². The molecule has 1 fully saturated rings. The van der Waals surface area contributed by atoms with Crippen LogP contribution in [-0.2, 0) is 39.5 Å². The summed E-state index contributed by atoms with van der Waals surface area (Å²) in [4.78, 5) is 21.3. The minimum absolute atomic E-state index is 0.0972. The van der Waals surface area contributed by atoms with Gasteiger partial charge in [-0.1, -0.05) is 0 Å². The highest BCUT2D eigenvalue weighted by molar-refractivity contribution is 7.95. The van der Waals surface area contributed by atoms with Gasteiger partial charge < -0.3 is 20.1 Å². The molecule has 0 bridgehead atoms. The number of hydrogen-bond donors (Lipinski definition) is 3. The van der Waals surface area contributed by atoms with Gasteiger partial charge >= 0.3 is 5.69 Å². The second-order valence-corrected chi connectivity index (χ2v) is 13.0. The molecule has 0 radical (unpaired) electrons. The molecule has 1 aromatic heterocycles. The van der Waals surface area contributed by atoms with E-state index < -0.39 is 75.3 Å². The first-order chi connectivity index (χ1) is 13.3. The van der Waals surface area contributed by atoms with Crippen LogP contribution in [0, 0.1) is 6.92 Å². The van der Waals surface area contributed by atoms with E-state index in [-0.39, 0.29) is 8.54 Å². The number of aliphatic hydroxyl groups excluding tert-OH is 2. The summed E-state index contributed by atoms with van der Waals surface area (Å²) in [7, 11) is -14.7. The maximum atomic E-state index is 12.9. The van der Waals surface area contributed by atoms with Gasteiger partial charge in [0, 0.05) is 24.3 Å². The third-order valence-electron chi connectivity index (χ3n) is 4.64. The van der Waals surface area contributed by atoms with Gasteiger partial charge in [-0.05, 0) is 6.92 Å². The normalized spacial score (nSPS) is 30.5. The van der Waals surface area contributed by atoms with Crippen LogP contribution in [0.15, 0.2) is 15.8 Å². The topological polar surface area (TPSA) is 216 Å². The highest BCUT2D eigenvalue weighted by Crippen LogP contribution is 2.49. The molecular weight excluding hydrogens is 472 g/mol. The highest BCUT2D eigenvalue weighted by atomic mass is 32.2. The van der Waals surface area contributed by atoms with Crippen molar-refractivity contribution in [2.24, 2.45) is 0 Å². The Morgan fingerprint density at radius 2 is 1.57 bits per heavy atom. The van der Waals surface area contributed by atoms with Gasteiger partial charge in [0.15, 0.2) is 9.84 Å². The molecule has 4 atom stereocenters. The second-order valence-electron chi connectivity index (χ2n) is 6.90. The van der Waals surface area contributed by atoms with Gasteiger partial charge in [0.2, 0.25) is 19.9 Å². The van der Waals surface area contributed by atoms with Gasteiger partial charge in [0.05, 0.1) is 12.9 Å². The van der Waals surface area contributed by atoms with Crippen LogP contribution in [0.4, 0.5) is 0 Å². The van der Waals surface area contributed by atoms with Crippen LogP contribution in [0.2, 0.25) is 0 Å². The quantitative estimate of drug-likeness (QED) is 0.353. The number of sulfone groups is 2. The van der Waals surface area contributed by atoms with Crippen LogP contribution in [0.5, 0.6) is 0 Å². The lowest BCUT2D eigenvalue weighted by atomic mass is 10.1. The Labute approximate surface area is 170 Å². The van der Waals surface area contributed by atoms with E-state index in [2.05, 4.69) is 0 Å². The predicted molar refractivity (Wildman–Crippen MR) is 101 cm³/mol. The average molecular weight is 493 g/mol. The van der Waals surface area contributed by atoms with Crippen molar-refractivity contribution in [2.75, 3.05) is 25.4 Å². The summed E-state index contributed by atoms with van der Waals surface area (Å²) >= 11 is 0. The third kappa shape index (κ3) is 3.07. The lowest BCUT2D eigenvalue weighted by Gasteiger charge is -2.39. The summed E-state index contributed by atoms with van der Waals surface area (Å²) < 4.78 is 79.1. The molecule has 0 amide bonds. The summed E-state index contributed by atoms with van der Waals surface area (Å²) in [5, 5.41) is 27.1. The van der Waals surface area contributed by atoms with E-state index in [4.69, 9.17) is 4.74 Å². The van der Waals surface area contributed by atoms with Crippen molar-refractivity contribution in [1.29, 1.82) is 0 Å². The molecule has 30 heavy (non-hydrogen) atoms. The van der Waals surface area contributed by atoms with Crippen molar-refractivity contribution in [2.45, 2.75) is 29.1 Å². The van der Waals surface area contributed by atoms with Crippen LogP contribution in [0.25, 0.3) is 0 Å². The molecule has 1 aliphatic heterocycles. The van der Waals surface area contributed by atoms with Gasteiger partial charge in [-0.15, -0.1) is 0 Å². The molecule has 0 spiro atoms. The molecule has 14 nitrogen and oxygen atoms in total. The summed E-state index contributed by atoms with van der Waals surface area (Å²) in [5.74, 6) is 0. The average Bonchev–Trinajstić information content (AvgIpc) is 2.79. The maximum absolute atomic E-state index is 12.9. The molecule has 17 heteroatoms. The Kier molecular flexibility index (Phi) is 5.70. The first-order valence-electron chi connectivity index (χ1n) is 7.93. The number of nitrogens with zero attached hydrogens (tertiary/aromatic N) is 2. The van der Waals surface area contributed by atoms with Crippen LogP contribution in [0.3, 0.4) is 0 Å². The summed E-state index contributed by atoms with van der Waals surface area (Å²) in [6.45, 7) is -0.194. The molecule has 3 N–H and O–H groups in total. The van der Waals surface area contributed by atoms with Crippen molar-refractivity contribution in [3.63, 3.8) is 0 Å². The number of aromatic nitrogens is 2. The van der Waals surface area contributed by atoms with Crippen molar-refractivity contribution < 1.29 is 45.3 Å². The lowest BCUT2D eigenvalue weighted by molar-refractivity contribution is -0.102. The molecule has 1 aliphatic rings. The Bertz CT molecular complexity index is 1320. The van der Waals surface area contributed by atoms with E-state index in [0.29, 0.717) is 25.0 Å². The largest absolute Gasteiger partial charge is 0.394 e. The smallest absolute Gasteiger partial charge is 0.348 e. The fourth-order valence-corrected chi connectivity index (χ4v) is 7.67. The molecule has 2 heterocycles. The molecule has 1 aromatic rings. The fourth-order valence-electron chi connectivity index (χ4n) is 3.30. The number of ether oxygens (including phenoxy) is 1. The minimum Gasteiger partial charge on any atom is -0.394 e. The molecule has 1 saturated heterocycles. The van der Waals surface area contributed by atoms with Crippen molar-refractivity contribution in [1.82, 2.24) is 8.54 Å². The third-order valence-corrected chi connectivity index (χ3v) is 9.01. The lowest BCUT2D eigenvalue weighted by Crippen LogP contribution is -2.68. The SMILES string of the molecule is Cc1cn([C@]2(S(C)(=O)=O)O[C@H](CO)[C@@H](O)[C@]2(O)S(C)(=O)=O)c(=O)n(S(C)(=O)=O)c1=O. The summed E-state index contributed by atoms with van der Waals surface area (Å²) in [5.41, 5.74) is -3.78. The van der Waals surface area contributed by atoms with Crippen molar-refractivity contribution in [3.05, 3.63) is 32.6 Å². The zero-order valence-corrected chi connectivity index (χ0v) is 18.5. The first kappa shape index (κ1) is 24.6. The molecule has 0 saturated carbocycles. The van der Waals surface area contributed by atoms with Gasteiger partial charge in [0.1, 0.15) is 12.2 Å². The second kappa shape index (κ2) is 6.94. The van der Waals surface area contributed by atoms with Crippen LogP contribution >= 0.6 is 0 Å². The molecule has 0 unspecified atom stereocenters. The minimum atomic E-state index is -5.07. The Morgan fingerprint density at radius 3 is 1.93 bits per heavy atom. The van der Waals surface area contributed by atoms with E-state index in [0.717, 1.165) is 6.92 Å². The van der Waals surface area contributed by atoms with Crippen molar-refractivity contribution in [3.8, 4) is 0 Å². The number of aliphatic hydroxyl groups is 3. The molecule has 2 rings (SSSR count). The monoisotopic (exact) mass is 492 g/mol. The van der Waals surface area contributed by atoms with Crippen LogP contribution < -0.4 is 11.2 Å². The summed E-state index contributed by atoms with van der Waals surface area (Å²) in [6, 6.07) is 0. The molecule has 0 aromatic carbocycles. The Morgan fingerprint density at radius 1 is 1.07 bits per heavy atom. The molecule has 0 aliphatic carbocycles. The number of rotatable bonds is 5. The van der Waals surface area contributed by atoms with Crippen LogP contribution in [-0.4, -0.2) is 91.6 Å². The summed E-state index contributed by atoms with van der Waals surface area (Å²) in [6.07, 6.45) is -2.98. The van der Waals surface area contributed by atoms with Gasteiger partial charge in [-0.2, -0.15) is 3.97 Å². The van der Waals surface area contributed by atoms with Gasteiger partial charge in [-0.25, -0.2) is 30.0 Å².